The van der Waals surface area contributed by atoms with Crippen molar-refractivity contribution in [2.45, 2.75) is 43.5 Å². The van der Waals surface area contributed by atoms with Gasteiger partial charge in [0.2, 0.25) is 16.3 Å². The summed E-state index contributed by atoms with van der Waals surface area (Å²) in [5.41, 5.74) is 0. The van der Waals surface area contributed by atoms with Crippen molar-refractivity contribution < 1.29 is 120 Å². The summed E-state index contributed by atoms with van der Waals surface area (Å²) in [5.74, 6) is 0.474. The number of allylic oxidation sites excluding steroid dienone is 2. The van der Waals surface area contributed by atoms with Gasteiger partial charge in [-0.2, -0.15) is 0 Å². The molecule has 0 aromatic heterocycles. The number of ether oxygens (including phenoxy) is 2. The Bertz CT molecular complexity index is 776. The minimum atomic E-state index is -5.09. The number of amides is 1. The minimum Gasteiger partial charge on any atom is -0.726 e. The van der Waals surface area contributed by atoms with E-state index in [1.54, 1.807) is 0 Å². The van der Waals surface area contributed by atoms with E-state index in [-0.39, 0.29) is 102 Å². The van der Waals surface area contributed by atoms with Crippen LogP contribution in [0.25, 0.3) is 0 Å². The zero-order valence-electron chi connectivity index (χ0n) is 18.5. The van der Waals surface area contributed by atoms with E-state index in [0.29, 0.717) is 5.92 Å². The van der Waals surface area contributed by atoms with Gasteiger partial charge in [-0.05, 0) is 24.7 Å². The second-order valence-corrected chi connectivity index (χ2v) is 9.05. The summed E-state index contributed by atoms with van der Waals surface area (Å²) in [6.45, 7) is -0.903. The fraction of sp³-hybridized carbons (Fsp3) is 0.812. The summed E-state index contributed by atoms with van der Waals surface area (Å²) < 4.78 is 55.8. The molecule has 184 valence electrons. The number of carbonyl (C=O) groups excluding carboxylic acids is 1. The maximum absolute atomic E-state index is 12.3. The van der Waals surface area contributed by atoms with Crippen LogP contribution in [0, 0.1) is 17.8 Å². The molecule has 6 unspecified atom stereocenters. The molecule has 34 heavy (non-hydrogen) atoms. The van der Waals surface area contributed by atoms with Gasteiger partial charge in [0.1, 0.15) is 24.4 Å². The van der Waals surface area contributed by atoms with Crippen molar-refractivity contribution >= 4 is 28.6 Å². The molecule has 3 N–H and O–H groups in total. The van der Waals surface area contributed by atoms with Gasteiger partial charge < -0.3 is 34.8 Å². The summed E-state index contributed by atoms with van der Waals surface area (Å²) in [5, 5.41) is 36.3. The van der Waals surface area contributed by atoms with Crippen LogP contribution in [0.4, 0.5) is 0 Å². The van der Waals surface area contributed by atoms with E-state index in [1.165, 1.54) is 0 Å². The van der Waals surface area contributed by atoms with Crippen LogP contribution >= 0.6 is 12.3 Å². The molecule has 2 fully saturated rings. The van der Waals surface area contributed by atoms with Crippen LogP contribution in [0.15, 0.2) is 12.2 Å². The summed E-state index contributed by atoms with van der Waals surface area (Å²) in [6.07, 6.45) is -1.79. The van der Waals surface area contributed by atoms with Gasteiger partial charge in [0.25, 0.3) is 0 Å². The average molecular weight is 547 g/mol. The first kappa shape index (κ1) is 33.1. The molecule has 0 spiro atoms. The Balaban J connectivity index is 0.00000289. The quantitative estimate of drug-likeness (QED) is 0.0303. The molecule has 1 aliphatic heterocycles. The molecule has 0 aromatic rings. The number of rotatable bonds is 12. The maximum atomic E-state index is 12.3. The summed E-state index contributed by atoms with van der Waals surface area (Å²) >= 11 is -0.00200. The predicted molar refractivity (Wildman–Crippen MR) is 98.8 cm³/mol. The fourth-order valence-corrected chi connectivity index (χ4v) is 4.75. The zero-order chi connectivity index (χ0) is 23.3. The van der Waals surface area contributed by atoms with E-state index in [4.69, 9.17) is 13.7 Å². The van der Waals surface area contributed by atoms with E-state index in [0.717, 1.165) is 12.8 Å². The fourth-order valence-electron chi connectivity index (χ4n) is 4.08. The Morgan fingerprint density at radius 2 is 1.94 bits per heavy atom. The van der Waals surface area contributed by atoms with Crippen molar-refractivity contribution in [1.82, 2.24) is 5.32 Å². The smallest absolute Gasteiger partial charge is 0.726 e. The summed E-state index contributed by atoms with van der Waals surface area (Å²) in [6, 6.07) is 0. The van der Waals surface area contributed by atoms with E-state index >= 15 is 0 Å². The normalized spacial score (nSPS) is 34.4. The minimum absolute atomic E-state index is 0. The maximum Gasteiger partial charge on any atom is 1.00 e. The van der Waals surface area contributed by atoms with E-state index < -0.39 is 47.7 Å². The van der Waals surface area contributed by atoms with Crippen molar-refractivity contribution in [2.75, 3.05) is 19.8 Å². The molecule has 1 saturated heterocycles. The molecule has 0 radical (unpaired) electrons. The van der Waals surface area contributed by atoms with Crippen LogP contribution in [0.3, 0.4) is 0 Å². The molecule has 3 rings (SSSR count). The Hall–Kier alpha value is 1.11. The molecule has 14 nitrogen and oxygen atoms in total. The largest absolute Gasteiger partial charge is 1.00 e. The number of aliphatic hydroxyl groups is 2. The molecule has 2 aliphatic carbocycles. The Labute approximate surface area is 244 Å². The second-order valence-electron chi connectivity index (χ2n) is 7.53. The van der Waals surface area contributed by atoms with Gasteiger partial charge in [0.15, 0.2) is 18.6 Å². The molecule has 3 aliphatic rings. The van der Waals surface area contributed by atoms with Crippen molar-refractivity contribution in [2.24, 2.45) is 17.8 Å². The molecule has 2 bridgehead atoms. The van der Waals surface area contributed by atoms with Crippen molar-refractivity contribution in [3.63, 3.8) is 0 Å². The Morgan fingerprint density at radius 3 is 2.53 bits per heavy atom. The van der Waals surface area contributed by atoms with Crippen molar-refractivity contribution in [1.29, 1.82) is 0 Å². The summed E-state index contributed by atoms with van der Waals surface area (Å²) in [7, 11) is -5.09. The molecule has 1 saturated carbocycles. The molecular weight excluding hydrogens is 524 g/mol. The molecule has 8 atom stereocenters. The first-order valence-electron chi connectivity index (χ1n) is 9.67. The Morgan fingerprint density at radius 1 is 1.21 bits per heavy atom. The molecule has 18 heteroatoms. The number of aliphatic hydroxyl groups excluding tert-OH is 2. The van der Waals surface area contributed by atoms with Crippen LogP contribution in [0.5, 0.6) is 0 Å². The molecule has 0 aromatic carbocycles. The number of nitrogens with one attached hydrogen (secondary N) is 1. The van der Waals surface area contributed by atoms with Gasteiger partial charge in [-0.15, -0.1) is 4.33 Å². The molecule has 1 amide bonds. The van der Waals surface area contributed by atoms with Gasteiger partial charge in [0, 0.05) is 12.5 Å². The first-order valence-corrected chi connectivity index (χ1v) is 11.7. The first-order chi connectivity index (χ1) is 15.2. The number of carbonyl (C=O) groups is 1. The van der Waals surface area contributed by atoms with Crippen LogP contribution in [-0.2, 0) is 42.4 Å². The third kappa shape index (κ3) is 9.45. The van der Waals surface area contributed by atoms with Gasteiger partial charge >= 0.3 is 59.1 Å². The SMILES string of the molecule is O=C(NCCOC1OC(COS(=O)(=O)[O-])C(O)C(OSOO[O-])C1O)C1C[C@@H]2C=C[C@H]1C2.[Na+].[Na+]. The molecule has 1 heterocycles. The summed E-state index contributed by atoms with van der Waals surface area (Å²) in [4.78, 5) is 12.3. The van der Waals surface area contributed by atoms with Gasteiger partial charge in [0.05, 0.1) is 13.2 Å². The topological polar surface area (TPSA) is 205 Å². The van der Waals surface area contributed by atoms with E-state index in [1.807, 2.05) is 0 Å². The van der Waals surface area contributed by atoms with Gasteiger partial charge in [-0.1, -0.05) is 12.2 Å². The van der Waals surface area contributed by atoms with Crippen LogP contribution in [0.1, 0.15) is 12.8 Å². The van der Waals surface area contributed by atoms with Gasteiger partial charge in [-0.3, -0.25) is 18.2 Å². The van der Waals surface area contributed by atoms with Crippen molar-refractivity contribution in [3.8, 4) is 0 Å². The second kappa shape index (κ2) is 15.5. The standard InChI is InChI=1S/C16H25NO13S2.2Na/c18-12-11(7-26-32(22,23)24)27-16(13(19)14(12)28-31-30-29-21)25-4-3-17-15(20)10-6-8-1-2-9(10)5-8;;/h1-2,8-14,16,18-19,21H,3-7H2,(H,17,20)(H,22,23,24);;/q;2*+1/p-2/t8-,9+,10?,11?,12?,13?,14?,16?;;/m1../s1. The monoisotopic (exact) mass is 547 g/mol. The third-order valence-corrected chi connectivity index (χ3v) is 6.36. The van der Waals surface area contributed by atoms with Crippen LogP contribution < -0.4 is 69.7 Å². The molecular formula is C16H23NNa2O13S2. The number of fused-ring (bicyclic) bond motifs is 2. The van der Waals surface area contributed by atoms with E-state index in [2.05, 4.69) is 31.0 Å². The number of hydrogen-bond acceptors (Lipinski definition) is 14. The third-order valence-electron chi connectivity index (χ3n) is 5.52. The van der Waals surface area contributed by atoms with Crippen LogP contribution in [0.2, 0.25) is 0 Å². The van der Waals surface area contributed by atoms with Crippen LogP contribution in [-0.4, -0.2) is 79.6 Å². The van der Waals surface area contributed by atoms with Crippen molar-refractivity contribution in [3.05, 3.63) is 12.2 Å². The predicted octanol–water partition coefficient (Wildman–Crippen LogP) is -8.57. The van der Waals surface area contributed by atoms with E-state index in [9.17, 15) is 33.2 Å². The zero-order valence-corrected chi connectivity index (χ0v) is 24.1. The Kier molecular flexibility index (Phi) is 15.1. The number of hydrogen-bond donors (Lipinski definition) is 3. The van der Waals surface area contributed by atoms with Gasteiger partial charge in [-0.25, -0.2) is 8.42 Å². The average Bonchev–Trinajstić information content (AvgIpc) is 3.37.